The second kappa shape index (κ2) is 9.36. The van der Waals surface area contributed by atoms with E-state index in [1.807, 2.05) is 67.6 Å². The lowest BCUT2D eigenvalue weighted by Crippen LogP contribution is -2.32. The third kappa shape index (κ3) is 5.05. The van der Waals surface area contributed by atoms with Crippen LogP contribution in [0.25, 0.3) is 10.9 Å². The molecule has 1 amide bonds. The number of nitrogens with one attached hydrogen (secondary N) is 2. The molecule has 3 aromatic carbocycles. The number of para-hydroxylation sites is 1. The molecule has 0 spiro atoms. The summed E-state index contributed by atoms with van der Waals surface area (Å²) in [4.78, 5) is 31.8. The Morgan fingerprint density at radius 3 is 2.42 bits per heavy atom. The summed E-state index contributed by atoms with van der Waals surface area (Å²) >= 11 is 0. The maximum atomic E-state index is 12.6. The van der Waals surface area contributed by atoms with Crippen LogP contribution < -0.4 is 10.9 Å². The number of carbonyl (C=O) groups excluding carboxylic acids is 1. The van der Waals surface area contributed by atoms with Crippen LogP contribution >= 0.6 is 0 Å². The number of amides is 1. The van der Waals surface area contributed by atoms with Crippen LogP contribution in [0.15, 0.2) is 83.7 Å². The van der Waals surface area contributed by atoms with Gasteiger partial charge in [0.2, 0.25) is 5.91 Å². The van der Waals surface area contributed by atoms with E-state index in [0.29, 0.717) is 16.7 Å². The molecule has 4 aromatic rings. The Bertz CT molecular complexity index is 1230. The van der Waals surface area contributed by atoms with Gasteiger partial charge in [-0.3, -0.25) is 9.59 Å². The number of rotatable bonds is 7. The highest BCUT2D eigenvalue weighted by atomic mass is 16.5. The van der Waals surface area contributed by atoms with E-state index in [1.165, 1.54) is 0 Å². The lowest BCUT2D eigenvalue weighted by atomic mass is 9.98. The number of aromatic amines is 1. The first kappa shape index (κ1) is 20.5. The van der Waals surface area contributed by atoms with Crippen molar-refractivity contribution < 1.29 is 9.53 Å². The highest BCUT2D eigenvalue weighted by Crippen LogP contribution is 2.22. The predicted molar refractivity (Wildman–Crippen MR) is 120 cm³/mol. The average Bonchev–Trinajstić information content (AvgIpc) is 2.79. The molecule has 1 heterocycles. The summed E-state index contributed by atoms with van der Waals surface area (Å²) in [6.07, 6.45) is 0. The van der Waals surface area contributed by atoms with Crippen LogP contribution in [-0.2, 0) is 16.1 Å². The fourth-order valence-electron chi connectivity index (χ4n) is 3.41. The minimum atomic E-state index is -0.281. The van der Waals surface area contributed by atoms with Gasteiger partial charge in [0.05, 0.1) is 16.9 Å². The monoisotopic (exact) mass is 413 g/mol. The molecule has 0 radical (unpaired) electrons. The molecule has 31 heavy (non-hydrogen) atoms. The van der Waals surface area contributed by atoms with Gasteiger partial charge < -0.3 is 15.0 Å². The molecule has 6 nitrogen and oxygen atoms in total. The van der Waals surface area contributed by atoms with E-state index < -0.39 is 0 Å². The second-order valence-electron chi connectivity index (χ2n) is 7.34. The van der Waals surface area contributed by atoms with Crippen molar-refractivity contribution in [1.82, 2.24) is 15.3 Å². The van der Waals surface area contributed by atoms with Crippen LogP contribution in [-0.4, -0.2) is 22.5 Å². The van der Waals surface area contributed by atoms with Crippen molar-refractivity contribution >= 4 is 16.8 Å². The van der Waals surface area contributed by atoms with Gasteiger partial charge in [0.25, 0.3) is 5.56 Å². The fourth-order valence-corrected chi connectivity index (χ4v) is 3.41. The quantitative estimate of drug-likeness (QED) is 0.484. The Balaban J connectivity index is 1.42. The molecule has 0 aliphatic carbocycles. The molecule has 1 atom stereocenters. The molecule has 0 saturated carbocycles. The zero-order valence-corrected chi connectivity index (χ0v) is 17.2. The van der Waals surface area contributed by atoms with E-state index in [0.717, 1.165) is 16.7 Å². The Morgan fingerprint density at radius 1 is 0.968 bits per heavy atom. The van der Waals surface area contributed by atoms with Gasteiger partial charge in [-0.15, -0.1) is 0 Å². The maximum Gasteiger partial charge on any atom is 0.258 e. The topological polar surface area (TPSA) is 84.1 Å². The van der Waals surface area contributed by atoms with E-state index >= 15 is 0 Å². The highest BCUT2D eigenvalue weighted by molar-refractivity contribution is 5.78. The molecule has 0 bridgehead atoms. The van der Waals surface area contributed by atoms with Gasteiger partial charge in [0, 0.05) is 0 Å². The number of benzene rings is 3. The molecule has 156 valence electrons. The highest BCUT2D eigenvalue weighted by Gasteiger charge is 2.17. The van der Waals surface area contributed by atoms with Crippen LogP contribution in [0, 0.1) is 6.92 Å². The van der Waals surface area contributed by atoms with E-state index in [9.17, 15) is 9.59 Å². The van der Waals surface area contributed by atoms with Crippen molar-refractivity contribution in [3.63, 3.8) is 0 Å². The number of fused-ring (bicyclic) bond motifs is 1. The average molecular weight is 413 g/mol. The number of ether oxygens (including phenoxy) is 1. The van der Waals surface area contributed by atoms with Gasteiger partial charge in [-0.1, -0.05) is 72.3 Å². The molecule has 6 heteroatoms. The van der Waals surface area contributed by atoms with Gasteiger partial charge in [0.15, 0.2) is 0 Å². The first-order valence-corrected chi connectivity index (χ1v) is 10.1. The van der Waals surface area contributed by atoms with Gasteiger partial charge in [-0.2, -0.15) is 0 Å². The summed E-state index contributed by atoms with van der Waals surface area (Å²) in [6, 6.07) is 24.7. The van der Waals surface area contributed by atoms with Gasteiger partial charge in [-0.25, -0.2) is 4.98 Å². The molecule has 2 N–H and O–H groups in total. The van der Waals surface area contributed by atoms with Crippen LogP contribution in [0.3, 0.4) is 0 Å². The predicted octanol–water partition coefficient (Wildman–Crippen LogP) is 3.65. The number of nitrogens with zero attached hydrogens (tertiary/aromatic N) is 1. The lowest BCUT2D eigenvalue weighted by molar-refractivity contribution is -0.126. The van der Waals surface area contributed by atoms with E-state index in [1.54, 1.807) is 18.2 Å². The first-order valence-electron chi connectivity index (χ1n) is 10.1. The van der Waals surface area contributed by atoms with E-state index in [4.69, 9.17) is 4.74 Å². The third-order valence-electron chi connectivity index (χ3n) is 4.98. The Labute approximate surface area is 179 Å². The van der Waals surface area contributed by atoms with Gasteiger partial charge in [0.1, 0.15) is 19.0 Å². The van der Waals surface area contributed by atoms with Crippen molar-refractivity contribution in [3.8, 4) is 0 Å². The van der Waals surface area contributed by atoms with E-state index in [2.05, 4.69) is 15.3 Å². The zero-order chi connectivity index (χ0) is 21.6. The Morgan fingerprint density at radius 2 is 1.65 bits per heavy atom. The van der Waals surface area contributed by atoms with Crippen molar-refractivity contribution in [2.24, 2.45) is 0 Å². The van der Waals surface area contributed by atoms with Crippen molar-refractivity contribution in [2.75, 3.05) is 6.61 Å². The molecule has 1 aromatic heterocycles. The van der Waals surface area contributed by atoms with Crippen LogP contribution in [0.1, 0.15) is 28.6 Å². The minimum Gasteiger partial charge on any atom is -0.364 e. The minimum absolute atomic E-state index is 0.0357. The summed E-state index contributed by atoms with van der Waals surface area (Å²) in [6.45, 7) is 1.92. The number of carbonyl (C=O) groups is 1. The van der Waals surface area contributed by atoms with Crippen LogP contribution in [0.4, 0.5) is 0 Å². The smallest absolute Gasteiger partial charge is 0.258 e. The molecule has 0 unspecified atom stereocenters. The van der Waals surface area contributed by atoms with Crippen molar-refractivity contribution in [1.29, 1.82) is 0 Å². The van der Waals surface area contributed by atoms with Crippen molar-refractivity contribution in [2.45, 2.75) is 19.6 Å². The lowest BCUT2D eigenvalue weighted by Gasteiger charge is -2.20. The summed E-state index contributed by atoms with van der Waals surface area (Å²) in [5.41, 5.74) is 3.50. The van der Waals surface area contributed by atoms with Gasteiger partial charge >= 0.3 is 0 Å². The normalized spacial score (nSPS) is 11.9. The molecule has 0 aliphatic heterocycles. The van der Waals surface area contributed by atoms with E-state index in [-0.39, 0.29) is 30.7 Å². The first-order chi connectivity index (χ1) is 15.1. The Hall–Kier alpha value is -3.77. The number of H-pyrrole nitrogens is 1. The molecule has 4 rings (SSSR count). The Kier molecular flexibility index (Phi) is 6.19. The molecule has 0 aliphatic rings. The van der Waals surface area contributed by atoms with Crippen LogP contribution in [0.2, 0.25) is 0 Å². The van der Waals surface area contributed by atoms with Crippen molar-refractivity contribution in [3.05, 3.63) is 112 Å². The number of aryl methyl sites for hydroxylation is 1. The number of aromatic nitrogens is 2. The maximum absolute atomic E-state index is 12.6. The van der Waals surface area contributed by atoms with Gasteiger partial charge in [-0.05, 0) is 30.2 Å². The SMILES string of the molecule is Cc1ccc([C@H](NC(=O)COCc2nc3ccccc3c(=O)[nH]2)c2ccccc2)cc1. The second-order valence-corrected chi connectivity index (χ2v) is 7.34. The molecule has 0 saturated heterocycles. The summed E-state index contributed by atoms with van der Waals surface area (Å²) in [5, 5.41) is 3.56. The molecular weight excluding hydrogens is 390 g/mol. The number of hydrogen-bond donors (Lipinski definition) is 2. The van der Waals surface area contributed by atoms with Crippen LogP contribution in [0.5, 0.6) is 0 Å². The summed E-state index contributed by atoms with van der Waals surface area (Å²) in [5.74, 6) is 0.132. The summed E-state index contributed by atoms with van der Waals surface area (Å²) < 4.78 is 5.53. The largest absolute Gasteiger partial charge is 0.364 e. The zero-order valence-electron chi connectivity index (χ0n) is 17.2. The fraction of sp³-hybridized carbons (Fsp3) is 0.160. The molecule has 0 fully saturated rings. The number of hydrogen-bond acceptors (Lipinski definition) is 4. The standard InChI is InChI=1S/C25H23N3O3/c1-17-11-13-19(14-12-17)24(18-7-3-2-4-8-18)28-23(29)16-31-15-22-26-21-10-6-5-9-20(21)25(30)27-22/h2-14,24H,15-16H2,1H3,(H,28,29)(H,26,27,30)/t24-/m1/s1. The molecular formula is C25H23N3O3. The third-order valence-corrected chi connectivity index (χ3v) is 4.98. The summed E-state index contributed by atoms with van der Waals surface area (Å²) in [7, 11) is 0.